The lowest BCUT2D eigenvalue weighted by molar-refractivity contribution is -0.143. The van der Waals surface area contributed by atoms with Gasteiger partial charge in [0.15, 0.2) is 0 Å². The molecule has 0 aromatic carbocycles. The number of esters is 1. The van der Waals surface area contributed by atoms with Gasteiger partial charge >= 0.3 is 12.0 Å². The molecule has 2 aliphatic rings. The molecule has 2 amide bonds. The molecular formula is C16H28N2O4S. The number of urea groups is 1. The minimum Gasteiger partial charge on any atom is -0.466 e. The van der Waals surface area contributed by atoms with Gasteiger partial charge in [-0.05, 0) is 32.1 Å². The normalized spacial score (nSPS) is 25.8. The first-order chi connectivity index (χ1) is 11.2. The molecule has 2 heterocycles. The molecule has 0 aliphatic carbocycles. The van der Waals surface area contributed by atoms with E-state index in [2.05, 4.69) is 10.6 Å². The molecule has 3 atom stereocenters. The molecule has 23 heavy (non-hydrogen) atoms. The number of amides is 2. The number of nitrogens with one attached hydrogen (secondary N) is 2. The Hall–Kier alpha value is -0.950. The fraction of sp³-hybridized carbons (Fsp3) is 0.875. The van der Waals surface area contributed by atoms with Crippen molar-refractivity contribution in [3.63, 3.8) is 0 Å². The summed E-state index contributed by atoms with van der Waals surface area (Å²) < 4.78 is 5.20. The zero-order chi connectivity index (χ0) is 16.5. The Morgan fingerprint density at radius 2 is 2.00 bits per heavy atom. The van der Waals surface area contributed by atoms with Crippen molar-refractivity contribution in [1.82, 2.24) is 10.6 Å². The van der Waals surface area contributed by atoms with Crippen LogP contribution < -0.4 is 10.6 Å². The van der Waals surface area contributed by atoms with Gasteiger partial charge in [-0.1, -0.05) is 12.8 Å². The van der Waals surface area contributed by atoms with Crippen LogP contribution in [0.2, 0.25) is 0 Å². The van der Waals surface area contributed by atoms with Gasteiger partial charge in [0.25, 0.3) is 0 Å². The van der Waals surface area contributed by atoms with Gasteiger partial charge in [-0.3, -0.25) is 4.79 Å². The standard InChI is InChI=1S/C16H28N2O4S/c19-9-5-1-2-6-10-22-14(20)8-4-3-7-13-15-12(11-23-13)17-16(21)18-15/h12-13,15,19H,1-11H2,(H2,17,18,21). The maximum atomic E-state index is 11.6. The van der Waals surface area contributed by atoms with Crippen molar-refractivity contribution in [2.45, 2.75) is 68.7 Å². The highest BCUT2D eigenvalue weighted by Gasteiger charge is 2.42. The van der Waals surface area contributed by atoms with Crippen LogP contribution in [-0.4, -0.2) is 53.4 Å². The summed E-state index contributed by atoms with van der Waals surface area (Å²) in [5.41, 5.74) is 0. The SMILES string of the molecule is O=C1NC2CSC(CCCCC(=O)OCCCCCCO)C2N1. The Labute approximate surface area is 142 Å². The second kappa shape index (κ2) is 10.0. The van der Waals surface area contributed by atoms with Crippen LogP contribution in [0.5, 0.6) is 0 Å². The van der Waals surface area contributed by atoms with Crippen LogP contribution in [-0.2, 0) is 9.53 Å². The van der Waals surface area contributed by atoms with Crippen molar-refractivity contribution in [1.29, 1.82) is 0 Å². The largest absolute Gasteiger partial charge is 0.466 e. The van der Waals surface area contributed by atoms with Crippen LogP contribution >= 0.6 is 11.8 Å². The van der Waals surface area contributed by atoms with Crippen LogP contribution in [0.4, 0.5) is 4.79 Å². The van der Waals surface area contributed by atoms with Crippen molar-refractivity contribution in [2.24, 2.45) is 0 Å². The Morgan fingerprint density at radius 3 is 2.83 bits per heavy atom. The highest BCUT2D eigenvalue weighted by Crippen LogP contribution is 2.33. The van der Waals surface area contributed by atoms with Gasteiger partial charge < -0.3 is 20.5 Å². The molecule has 2 fully saturated rings. The molecule has 3 unspecified atom stereocenters. The fourth-order valence-corrected chi connectivity index (χ4v) is 4.63. The lowest BCUT2D eigenvalue weighted by Crippen LogP contribution is -2.36. The number of carbonyl (C=O) groups is 2. The van der Waals surface area contributed by atoms with Crippen molar-refractivity contribution < 1.29 is 19.4 Å². The Morgan fingerprint density at radius 1 is 1.17 bits per heavy atom. The molecule has 0 radical (unpaired) electrons. The average molecular weight is 344 g/mol. The van der Waals surface area contributed by atoms with Gasteiger partial charge in [-0.25, -0.2) is 4.79 Å². The van der Waals surface area contributed by atoms with Crippen LogP contribution in [0.3, 0.4) is 0 Å². The number of rotatable bonds is 11. The number of hydrogen-bond acceptors (Lipinski definition) is 5. The third-order valence-corrected chi connectivity index (χ3v) is 5.88. The summed E-state index contributed by atoms with van der Waals surface area (Å²) in [7, 11) is 0. The molecule has 2 aliphatic heterocycles. The average Bonchev–Trinajstić information content (AvgIpc) is 3.07. The van der Waals surface area contributed by atoms with Gasteiger partial charge in [0, 0.05) is 24.0 Å². The number of ether oxygens (including phenoxy) is 1. The Bertz CT molecular complexity index is 394. The summed E-state index contributed by atoms with van der Waals surface area (Å²) in [6.45, 7) is 0.727. The number of aliphatic hydroxyl groups excluding tert-OH is 1. The molecule has 0 spiro atoms. The number of fused-ring (bicyclic) bond motifs is 1. The summed E-state index contributed by atoms with van der Waals surface area (Å²) >= 11 is 1.91. The predicted octanol–water partition coefficient (Wildman–Crippen LogP) is 1.81. The second-order valence-electron chi connectivity index (χ2n) is 6.23. The van der Waals surface area contributed by atoms with E-state index >= 15 is 0 Å². The molecule has 132 valence electrons. The van der Waals surface area contributed by atoms with Crippen LogP contribution in [0.1, 0.15) is 51.4 Å². The van der Waals surface area contributed by atoms with E-state index in [1.54, 1.807) is 0 Å². The summed E-state index contributed by atoms with van der Waals surface area (Å²) in [5.74, 6) is 0.867. The summed E-state index contributed by atoms with van der Waals surface area (Å²) in [6, 6.07) is 0.472. The number of aliphatic hydroxyl groups is 1. The molecule has 6 nitrogen and oxygen atoms in total. The number of carbonyl (C=O) groups excluding carboxylic acids is 2. The second-order valence-corrected chi connectivity index (χ2v) is 7.50. The fourth-order valence-electron chi connectivity index (χ4n) is 3.08. The molecule has 0 bridgehead atoms. The van der Waals surface area contributed by atoms with Crippen LogP contribution in [0, 0.1) is 0 Å². The van der Waals surface area contributed by atoms with E-state index in [0.717, 1.165) is 50.7 Å². The Balaban J connectivity index is 1.46. The van der Waals surface area contributed by atoms with Gasteiger partial charge in [0.2, 0.25) is 0 Å². The number of hydrogen-bond donors (Lipinski definition) is 3. The maximum Gasteiger partial charge on any atom is 0.315 e. The maximum absolute atomic E-state index is 11.6. The monoisotopic (exact) mass is 344 g/mol. The molecule has 0 saturated carbocycles. The summed E-state index contributed by atoms with van der Waals surface area (Å²) in [6.07, 6.45) is 7.03. The zero-order valence-electron chi connectivity index (χ0n) is 13.6. The molecular weight excluding hydrogens is 316 g/mol. The van der Waals surface area contributed by atoms with Crippen molar-refractivity contribution in [3.05, 3.63) is 0 Å². The smallest absolute Gasteiger partial charge is 0.315 e. The molecule has 2 saturated heterocycles. The lowest BCUT2D eigenvalue weighted by atomic mass is 10.0. The third-order valence-electron chi connectivity index (χ3n) is 4.37. The predicted molar refractivity (Wildman–Crippen MR) is 90.5 cm³/mol. The number of unbranched alkanes of at least 4 members (excludes halogenated alkanes) is 4. The first kappa shape index (κ1) is 18.4. The zero-order valence-corrected chi connectivity index (χ0v) is 14.4. The van der Waals surface area contributed by atoms with Gasteiger partial charge in [0.1, 0.15) is 0 Å². The Kier molecular flexibility index (Phi) is 8.02. The quantitative estimate of drug-likeness (QED) is 0.302. The molecule has 3 N–H and O–H groups in total. The van der Waals surface area contributed by atoms with Crippen molar-refractivity contribution in [2.75, 3.05) is 19.0 Å². The highest BCUT2D eigenvalue weighted by molar-refractivity contribution is 8.00. The first-order valence-corrected chi connectivity index (χ1v) is 9.70. The molecule has 0 aromatic heterocycles. The molecule has 7 heteroatoms. The first-order valence-electron chi connectivity index (χ1n) is 8.66. The van der Waals surface area contributed by atoms with E-state index < -0.39 is 0 Å². The number of thioether (sulfide) groups is 1. The summed E-state index contributed by atoms with van der Waals surface area (Å²) in [4.78, 5) is 22.9. The third kappa shape index (κ3) is 6.22. The van der Waals surface area contributed by atoms with E-state index in [0.29, 0.717) is 18.3 Å². The highest BCUT2D eigenvalue weighted by atomic mass is 32.2. The summed E-state index contributed by atoms with van der Waals surface area (Å²) in [5, 5.41) is 15.0. The van der Waals surface area contributed by atoms with E-state index in [4.69, 9.17) is 9.84 Å². The lowest BCUT2D eigenvalue weighted by Gasteiger charge is -2.16. The molecule has 0 aromatic rings. The van der Waals surface area contributed by atoms with Crippen molar-refractivity contribution >= 4 is 23.8 Å². The van der Waals surface area contributed by atoms with Gasteiger partial charge in [-0.15, -0.1) is 0 Å². The van der Waals surface area contributed by atoms with E-state index in [9.17, 15) is 9.59 Å². The molecule has 2 rings (SSSR count). The minimum absolute atomic E-state index is 0.0483. The van der Waals surface area contributed by atoms with E-state index in [-0.39, 0.29) is 30.7 Å². The van der Waals surface area contributed by atoms with Crippen LogP contribution in [0.25, 0.3) is 0 Å². The minimum atomic E-state index is -0.111. The topological polar surface area (TPSA) is 87.7 Å². The van der Waals surface area contributed by atoms with Gasteiger partial charge in [-0.2, -0.15) is 11.8 Å². The van der Waals surface area contributed by atoms with Crippen LogP contribution in [0.15, 0.2) is 0 Å². The van der Waals surface area contributed by atoms with Crippen molar-refractivity contribution in [3.8, 4) is 0 Å². The van der Waals surface area contributed by atoms with E-state index in [1.807, 2.05) is 11.8 Å². The van der Waals surface area contributed by atoms with E-state index in [1.165, 1.54) is 0 Å². The van der Waals surface area contributed by atoms with Gasteiger partial charge in [0.05, 0.1) is 18.7 Å².